The van der Waals surface area contributed by atoms with Crippen LogP contribution in [0.4, 0.5) is 0 Å². The first-order valence-electron chi connectivity index (χ1n) is 11.1. The number of piperazine rings is 1. The Labute approximate surface area is 178 Å². The van der Waals surface area contributed by atoms with Crippen molar-refractivity contribution in [2.24, 2.45) is 0 Å². The molecule has 1 aliphatic heterocycles. The molecule has 1 fully saturated rings. The Morgan fingerprint density at radius 3 is 2.63 bits per heavy atom. The van der Waals surface area contributed by atoms with Crippen LogP contribution in [0.2, 0.25) is 0 Å². The van der Waals surface area contributed by atoms with E-state index in [0.717, 1.165) is 50.5 Å². The van der Waals surface area contributed by atoms with Crippen molar-refractivity contribution < 1.29 is 4.79 Å². The van der Waals surface area contributed by atoms with Gasteiger partial charge in [-0.1, -0.05) is 24.3 Å². The second-order valence-corrected chi connectivity index (χ2v) is 8.87. The van der Waals surface area contributed by atoms with Gasteiger partial charge >= 0.3 is 0 Å². The summed E-state index contributed by atoms with van der Waals surface area (Å²) in [4.78, 5) is 22.0. The van der Waals surface area contributed by atoms with Crippen molar-refractivity contribution in [2.75, 3.05) is 26.2 Å². The number of rotatable bonds is 4. The molecule has 0 spiro atoms. The first kappa shape index (κ1) is 19.3. The third kappa shape index (κ3) is 3.74. The molecule has 0 unspecified atom stereocenters. The number of aromatic nitrogens is 2. The van der Waals surface area contributed by atoms with Crippen molar-refractivity contribution in [3.63, 3.8) is 0 Å². The Kier molecular flexibility index (Phi) is 5.07. The maximum atomic E-state index is 12.9. The van der Waals surface area contributed by atoms with Crippen LogP contribution in [0.25, 0.3) is 5.65 Å². The fourth-order valence-electron chi connectivity index (χ4n) is 4.90. The number of carbonyl (C=O) groups excluding carboxylic acids is 1. The van der Waals surface area contributed by atoms with E-state index in [2.05, 4.69) is 59.7 Å². The maximum absolute atomic E-state index is 12.9. The van der Waals surface area contributed by atoms with Gasteiger partial charge < -0.3 is 9.30 Å². The van der Waals surface area contributed by atoms with Gasteiger partial charge in [0.2, 0.25) is 5.91 Å². The largest absolute Gasteiger partial charge is 0.340 e. The molecule has 5 nitrogen and oxygen atoms in total. The molecule has 3 heterocycles. The third-order valence-corrected chi connectivity index (χ3v) is 6.68. The van der Waals surface area contributed by atoms with Gasteiger partial charge in [-0.15, -0.1) is 0 Å². The molecule has 1 amide bonds. The summed E-state index contributed by atoms with van der Waals surface area (Å²) in [6.07, 6.45) is 6.30. The van der Waals surface area contributed by atoms with E-state index >= 15 is 0 Å². The highest BCUT2D eigenvalue weighted by Crippen LogP contribution is 2.23. The van der Waals surface area contributed by atoms with E-state index in [1.54, 1.807) is 0 Å². The number of benzene rings is 1. The highest BCUT2D eigenvalue weighted by atomic mass is 16.2. The standard InChI is InChI=1S/C25H30N4O/c1-18-6-9-24-26-19(2)23(29(24)16-18)17-27-10-12-28(13-11-27)25(30)15-20-7-8-21-4-3-5-22(21)14-20/h6-9,14,16H,3-5,10-13,15,17H2,1-2H3. The van der Waals surface area contributed by atoms with Gasteiger partial charge in [-0.05, 0) is 61.4 Å². The smallest absolute Gasteiger partial charge is 0.227 e. The van der Waals surface area contributed by atoms with Crippen molar-refractivity contribution in [3.8, 4) is 0 Å². The molecular formula is C25H30N4O. The Balaban J connectivity index is 1.20. The topological polar surface area (TPSA) is 40.9 Å². The Bertz CT molecular complexity index is 1090. The normalized spacial score (nSPS) is 16.9. The van der Waals surface area contributed by atoms with E-state index in [4.69, 9.17) is 4.98 Å². The fraction of sp³-hybridized carbons (Fsp3) is 0.440. The quantitative estimate of drug-likeness (QED) is 0.672. The molecule has 5 heteroatoms. The van der Waals surface area contributed by atoms with Crippen LogP contribution in [0.1, 0.15) is 40.1 Å². The molecule has 1 saturated heterocycles. The summed E-state index contributed by atoms with van der Waals surface area (Å²) in [5.74, 6) is 0.259. The van der Waals surface area contributed by atoms with Gasteiger partial charge in [-0.2, -0.15) is 0 Å². The molecule has 0 saturated carbocycles. The molecule has 5 rings (SSSR count). The lowest BCUT2D eigenvalue weighted by molar-refractivity contribution is -0.132. The van der Waals surface area contributed by atoms with Crippen molar-refractivity contribution in [1.82, 2.24) is 19.2 Å². The summed E-state index contributed by atoms with van der Waals surface area (Å²) in [5.41, 5.74) is 8.68. The van der Waals surface area contributed by atoms with E-state index in [1.807, 2.05) is 4.90 Å². The number of imidazole rings is 1. The van der Waals surface area contributed by atoms with Crippen LogP contribution in [0.3, 0.4) is 0 Å². The molecule has 1 aliphatic carbocycles. The molecule has 0 atom stereocenters. The molecule has 0 bridgehead atoms. The molecule has 30 heavy (non-hydrogen) atoms. The average molecular weight is 403 g/mol. The van der Waals surface area contributed by atoms with E-state index < -0.39 is 0 Å². The SMILES string of the molecule is Cc1ccc2nc(C)c(CN3CCN(C(=O)Cc4ccc5c(c4)CCC5)CC3)n2c1. The lowest BCUT2D eigenvalue weighted by Crippen LogP contribution is -2.48. The minimum absolute atomic E-state index is 0.259. The van der Waals surface area contributed by atoms with E-state index in [-0.39, 0.29) is 5.91 Å². The zero-order valence-electron chi connectivity index (χ0n) is 18.0. The first-order chi connectivity index (χ1) is 14.6. The number of carbonyl (C=O) groups is 1. The number of fused-ring (bicyclic) bond motifs is 2. The van der Waals surface area contributed by atoms with Crippen molar-refractivity contribution in [3.05, 3.63) is 70.2 Å². The van der Waals surface area contributed by atoms with E-state index in [9.17, 15) is 4.79 Å². The van der Waals surface area contributed by atoms with E-state index in [0.29, 0.717) is 6.42 Å². The van der Waals surface area contributed by atoms with Crippen molar-refractivity contribution in [2.45, 2.75) is 46.1 Å². The van der Waals surface area contributed by atoms with Crippen LogP contribution in [-0.2, 0) is 30.6 Å². The van der Waals surface area contributed by atoms with Gasteiger partial charge in [0, 0.05) is 38.9 Å². The van der Waals surface area contributed by atoms with Crippen LogP contribution < -0.4 is 0 Å². The number of nitrogens with zero attached hydrogens (tertiary/aromatic N) is 4. The van der Waals surface area contributed by atoms with Crippen LogP contribution >= 0.6 is 0 Å². The maximum Gasteiger partial charge on any atom is 0.227 e. The zero-order valence-corrected chi connectivity index (χ0v) is 18.0. The first-order valence-corrected chi connectivity index (χ1v) is 11.1. The number of hydrogen-bond donors (Lipinski definition) is 0. The molecule has 2 aliphatic rings. The number of aryl methyl sites for hydroxylation is 4. The summed E-state index contributed by atoms with van der Waals surface area (Å²) in [5, 5.41) is 0. The van der Waals surface area contributed by atoms with Gasteiger partial charge in [0.1, 0.15) is 5.65 Å². The second kappa shape index (κ2) is 7.88. The van der Waals surface area contributed by atoms with Crippen LogP contribution in [0.5, 0.6) is 0 Å². The van der Waals surface area contributed by atoms with Crippen molar-refractivity contribution in [1.29, 1.82) is 0 Å². The Morgan fingerprint density at radius 2 is 1.80 bits per heavy atom. The lowest BCUT2D eigenvalue weighted by Gasteiger charge is -2.34. The molecule has 2 aromatic heterocycles. The average Bonchev–Trinajstić information content (AvgIpc) is 3.32. The number of amides is 1. The monoisotopic (exact) mass is 402 g/mol. The van der Waals surface area contributed by atoms with Crippen molar-refractivity contribution >= 4 is 11.6 Å². The molecule has 3 aromatic rings. The number of hydrogen-bond acceptors (Lipinski definition) is 3. The summed E-state index contributed by atoms with van der Waals surface area (Å²) < 4.78 is 2.22. The van der Waals surface area contributed by atoms with Gasteiger partial charge in [0.05, 0.1) is 17.8 Å². The zero-order chi connectivity index (χ0) is 20.7. The minimum atomic E-state index is 0.259. The van der Waals surface area contributed by atoms with Crippen LogP contribution in [-0.4, -0.2) is 51.3 Å². The summed E-state index contributed by atoms with van der Waals surface area (Å²) in [6.45, 7) is 8.52. The molecule has 156 valence electrons. The minimum Gasteiger partial charge on any atom is -0.340 e. The predicted octanol–water partition coefficient (Wildman–Crippen LogP) is 3.33. The fourth-order valence-corrected chi connectivity index (χ4v) is 4.90. The van der Waals surface area contributed by atoms with Gasteiger partial charge in [-0.3, -0.25) is 9.69 Å². The Morgan fingerprint density at radius 1 is 1.00 bits per heavy atom. The summed E-state index contributed by atoms with van der Waals surface area (Å²) >= 11 is 0. The van der Waals surface area contributed by atoms with Crippen LogP contribution in [0, 0.1) is 13.8 Å². The highest BCUT2D eigenvalue weighted by molar-refractivity contribution is 5.79. The molecule has 0 radical (unpaired) electrons. The highest BCUT2D eigenvalue weighted by Gasteiger charge is 2.23. The predicted molar refractivity (Wildman–Crippen MR) is 119 cm³/mol. The van der Waals surface area contributed by atoms with E-state index in [1.165, 1.54) is 40.8 Å². The molecular weight excluding hydrogens is 372 g/mol. The Hall–Kier alpha value is -2.66. The third-order valence-electron chi connectivity index (χ3n) is 6.68. The second-order valence-electron chi connectivity index (χ2n) is 8.87. The van der Waals surface area contributed by atoms with Gasteiger partial charge in [0.25, 0.3) is 0 Å². The summed E-state index contributed by atoms with van der Waals surface area (Å²) in [6, 6.07) is 10.8. The number of pyridine rings is 1. The van der Waals surface area contributed by atoms with Gasteiger partial charge in [-0.25, -0.2) is 4.98 Å². The molecule has 0 N–H and O–H groups in total. The van der Waals surface area contributed by atoms with Gasteiger partial charge in [0.15, 0.2) is 0 Å². The molecule has 1 aromatic carbocycles. The lowest BCUT2D eigenvalue weighted by atomic mass is 10.0. The van der Waals surface area contributed by atoms with Crippen LogP contribution in [0.15, 0.2) is 36.5 Å². The summed E-state index contributed by atoms with van der Waals surface area (Å²) in [7, 11) is 0.